The number of hydrogen-bond donors (Lipinski definition) is 1. The molecule has 3 aliphatic rings. The van der Waals surface area contributed by atoms with Gasteiger partial charge in [-0.1, -0.05) is 43.0 Å². The number of likely N-dealkylation sites (N-methyl/N-ethyl adjacent to an activating group) is 1. The number of fused-ring (bicyclic) bond motifs is 2. The number of benzene rings is 2. The molecule has 3 atom stereocenters. The summed E-state index contributed by atoms with van der Waals surface area (Å²) in [6, 6.07) is 15.9. The van der Waals surface area contributed by atoms with Crippen molar-refractivity contribution in [1.29, 1.82) is 0 Å². The second-order valence-corrected chi connectivity index (χ2v) is 10.6. The van der Waals surface area contributed by atoms with Crippen LogP contribution in [0.4, 0.5) is 11.5 Å². The Hall–Kier alpha value is -3.45. The van der Waals surface area contributed by atoms with E-state index in [0.717, 1.165) is 55.8 Å². The largest absolute Gasteiger partial charge is 0.462 e. The summed E-state index contributed by atoms with van der Waals surface area (Å²) in [6.45, 7) is 6.95. The van der Waals surface area contributed by atoms with Crippen LogP contribution in [-0.4, -0.2) is 59.5 Å². The minimum Gasteiger partial charge on any atom is -0.462 e. The lowest BCUT2D eigenvalue weighted by Crippen LogP contribution is -2.43. The number of aromatic nitrogens is 2. The smallest absolute Gasteiger partial charge is 0.318 e. The van der Waals surface area contributed by atoms with Gasteiger partial charge in [-0.2, -0.15) is 9.97 Å². The van der Waals surface area contributed by atoms with Crippen LogP contribution in [0.15, 0.2) is 55.1 Å². The fourth-order valence-electron chi connectivity index (χ4n) is 5.98. The second kappa shape index (κ2) is 10.1. The molecule has 3 aromatic rings. The van der Waals surface area contributed by atoms with Crippen LogP contribution in [-0.2, 0) is 17.8 Å². The van der Waals surface area contributed by atoms with Crippen molar-refractivity contribution >= 4 is 28.1 Å². The third-order valence-corrected chi connectivity index (χ3v) is 8.39. The summed E-state index contributed by atoms with van der Waals surface area (Å²) in [6.07, 6.45) is 6.45. The highest BCUT2D eigenvalue weighted by molar-refractivity contribution is 5.94. The highest BCUT2D eigenvalue weighted by atomic mass is 16.5. The molecule has 6 rings (SSSR count). The average molecular weight is 498 g/mol. The van der Waals surface area contributed by atoms with Gasteiger partial charge in [0.1, 0.15) is 12.4 Å². The Balaban J connectivity index is 1.30. The first-order chi connectivity index (χ1) is 18.1. The van der Waals surface area contributed by atoms with Gasteiger partial charge in [0, 0.05) is 41.2 Å². The number of carbonyl (C=O) groups is 1. The number of nitrogens with zero attached hydrogens (tertiary/aromatic N) is 4. The monoisotopic (exact) mass is 497 g/mol. The van der Waals surface area contributed by atoms with Crippen molar-refractivity contribution in [3.05, 3.63) is 66.4 Å². The van der Waals surface area contributed by atoms with Crippen molar-refractivity contribution in [3.8, 4) is 6.01 Å². The zero-order valence-electron chi connectivity index (χ0n) is 21.5. The first-order valence-electron chi connectivity index (χ1n) is 13.5. The van der Waals surface area contributed by atoms with Gasteiger partial charge in [-0.3, -0.25) is 4.79 Å². The van der Waals surface area contributed by atoms with Gasteiger partial charge in [-0.25, -0.2) is 0 Å². The quantitative estimate of drug-likeness (QED) is 0.456. The Morgan fingerprint density at radius 3 is 2.78 bits per heavy atom. The fourth-order valence-corrected chi connectivity index (χ4v) is 5.98. The number of nitrogens with one attached hydrogen (secondary N) is 1. The lowest BCUT2D eigenvalue weighted by molar-refractivity contribution is -0.120. The maximum absolute atomic E-state index is 12.3. The molecule has 2 fully saturated rings. The number of allylic oxidation sites excluding steroid dienone is 1. The van der Waals surface area contributed by atoms with Gasteiger partial charge in [-0.05, 0) is 63.2 Å². The summed E-state index contributed by atoms with van der Waals surface area (Å²) in [4.78, 5) is 26.8. The molecule has 7 heteroatoms. The molecule has 37 heavy (non-hydrogen) atoms. The lowest BCUT2D eigenvalue weighted by atomic mass is 9.76. The molecule has 0 unspecified atom stereocenters. The van der Waals surface area contributed by atoms with Gasteiger partial charge in [0.15, 0.2) is 5.78 Å². The van der Waals surface area contributed by atoms with Crippen LogP contribution in [0.2, 0.25) is 0 Å². The summed E-state index contributed by atoms with van der Waals surface area (Å²) < 4.78 is 6.20. The van der Waals surface area contributed by atoms with Crippen LogP contribution in [0.3, 0.4) is 0 Å². The van der Waals surface area contributed by atoms with Gasteiger partial charge in [0.25, 0.3) is 0 Å². The number of ether oxygens (including phenoxy) is 1. The fraction of sp³-hybridized carbons (Fsp3) is 0.433. The third-order valence-electron chi connectivity index (χ3n) is 8.39. The molecule has 1 saturated carbocycles. The molecule has 1 aliphatic carbocycles. The maximum Gasteiger partial charge on any atom is 0.318 e. The van der Waals surface area contributed by atoms with Crippen molar-refractivity contribution in [2.24, 2.45) is 5.92 Å². The maximum atomic E-state index is 12.3. The molecule has 192 valence electrons. The van der Waals surface area contributed by atoms with E-state index in [4.69, 9.17) is 14.7 Å². The predicted molar refractivity (Wildman–Crippen MR) is 147 cm³/mol. The molecule has 3 heterocycles. The van der Waals surface area contributed by atoms with Gasteiger partial charge in [-0.15, -0.1) is 0 Å². The molecule has 0 amide bonds. The summed E-state index contributed by atoms with van der Waals surface area (Å²) in [5.41, 5.74) is 3.36. The lowest BCUT2D eigenvalue weighted by Gasteiger charge is -2.37. The molecule has 0 spiro atoms. The van der Waals surface area contributed by atoms with E-state index in [1.165, 1.54) is 29.0 Å². The van der Waals surface area contributed by atoms with Gasteiger partial charge >= 0.3 is 6.01 Å². The molecule has 2 aliphatic heterocycles. The van der Waals surface area contributed by atoms with E-state index in [1.807, 2.05) is 0 Å². The number of anilines is 2. The third kappa shape index (κ3) is 4.68. The Kier molecular flexibility index (Phi) is 6.55. The summed E-state index contributed by atoms with van der Waals surface area (Å²) in [5, 5.41) is 6.10. The normalized spacial score (nSPS) is 23.4. The molecule has 1 N–H and O–H groups in total. The van der Waals surface area contributed by atoms with E-state index in [9.17, 15) is 4.79 Å². The molecule has 7 nitrogen and oxygen atoms in total. The van der Waals surface area contributed by atoms with Crippen LogP contribution in [0, 0.1) is 5.92 Å². The summed E-state index contributed by atoms with van der Waals surface area (Å²) >= 11 is 0. The minimum absolute atomic E-state index is 0.0320. The van der Waals surface area contributed by atoms with Crippen LogP contribution in [0.1, 0.15) is 36.9 Å². The second-order valence-electron chi connectivity index (χ2n) is 10.6. The van der Waals surface area contributed by atoms with E-state index in [-0.39, 0.29) is 17.7 Å². The SMILES string of the molecule is C=CC(=O)[C@@H]1CC[C@H]1Nc1nc(OC[C@@H]2CCCN2C)nc2c1CCN(c1cccc3ccccc13)C2. The average Bonchev–Trinajstić information content (AvgIpc) is 3.33. The summed E-state index contributed by atoms with van der Waals surface area (Å²) in [7, 11) is 2.15. The van der Waals surface area contributed by atoms with Crippen molar-refractivity contribution in [2.45, 2.75) is 50.7 Å². The predicted octanol–water partition coefficient (Wildman–Crippen LogP) is 4.61. The zero-order chi connectivity index (χ0) is 25.4. The molecular formula is C30H35N5O2. The molecule has 1 saturated heterocycles. The van der Waals surface area contributed by atoms with Crippen molar-refractivity contribution in [3.63, 3.8) is 0 Å². The molecule has 0 radical (unpaired) electrons. The number of ketones is 1. The van der Waals surface area contributed by atoms with Crippen LogP contribution in [0.25, 0.3) is 10.8 Å². The van der Waals surface area contributed by atoms with E-state index in [0.29, 0.717) is 25.2 Å². The standard InChI is InChI=1S/C30H35N5O2/c1-3-28(36)23-13-14-25(23)31-29-24-15-17-35(27-12-6-9-20-8-4-5-11-22(20)27)18-26(24)32-30(33-29)37-19-21-10-7-16-34(21)2/h3-6,8-9,11-12,21,23,25H,1,7,10,13-19H2,2H3,(H,31,32,33)/t21-,23+,25+/m0/s1. The number of rotatable bonds is 8. The Bertz CT molecular complexity index is 1320. The first-order valence-corrected chi connectivity index (χ1v) is 13.5. The van der Waals surface area contributed by atoms with Gasteiger partial charge in [0.05, 0.1) is 12.2 Å². The molecule has 0 bridgehead atoms. The summed E-state index contributed by atoms with van der Waals surface area (Å²) in [5.74, 6) is 0.897. The topological polar surface area (TPSA) is 70.6 Å². The Morgan fingerprint density at radius 1 is 1.14 bits per heavy atom. The number of carbonyl (C=O) groups excluding carboxylic acids is 1. The van der Waals surface area contributed by atoms with E-state index in [2.05, 4.69) is 71.2 Å². The minimum atomic E-state index is -0.0320. The van der Waals surface area contributed by atoms with E-state index >= 15 is 0 Å². The van der Waals surface area contributed by atoms with Crippen LogP contribution >= 0.6 is 0 Å². The van der Waals surface area contributed by atoms with Crippen LogP contribution in [0.5, 0.6) is 6.01 Å². The van der Waals surface area contributed by atoms with Crippen molar-refractivity contribution in [2.75, 3.05) is 37.0 Å². The highest BCUT2D eigenvalue weighted by Crippen LogP contribution is 2.36. The van der Waals surface area contributed by atoms with Gasteiger partial charge < -0.3 is 19.9 Å². The zero-order valence-corrected chi connectivity index (χ0v) is 21.5. The Morgan fingerprint density at radius 2 is 2.00 bits per heavy atom. The van der Waals surface area contributed by atoms with Crippen molar-refractivity contribution < 1.29 is 9.53 Å². The Labute approximate surface area is 218 Å². The number of hydrogen-bond acceptors (Lipinski definition) is 7. The molecule has 2 aromatic carbocycles. The number of likely N-dealkylation sites (tertiary alicyclic amines) is 1. The highest BCUT2D eigenvalue weighted by Gasteiger charge is 2.36. The molecule has 1 aromatic heterocycles. The van der Waals surface area contributed by atoms with Crippen LogP contribution < -0.4 is 15.0 Å². The van der Waals surface area contributed by atoms with E-state index in [1.54, 1.807) is 0 Å². The van der Waals surface area contributed by atoms with Gasteiger partial charge in [0.2, 0.25) is 0 Å². The first kappa shape index (κ1) is 23.9. The molecular weight excluding hydrogens is 462 g/mol. The van der Waals surface area contributed by atoms with Crippen molar-refractivity contribution in [1.82, 2.24) is 14.9 Å². The van der Waals surface area contributed by atoms with E-state index < -0.39 is 0 Å².